The maximum absolute atomic E-state index is 8.73. The largest absolute Gasteiger partial charge is 0.346 e. The smallest absolute Gasteiger partial charge is 0.224 e. The Morgan fingerprint density at radius 3 is 2.82 bits per heavy atom. The Hall–Kier alpha value is -2.48. The van der Waals surface area contributed by atoms with Crippen LogP contribution in [0.5, 0.6) is 0 Å². The number of hydrogen-bond acceptors (Lipinski definition) is 5. The monoisotopic (exact) mass is 225 g/mol. The van der Waals surface area contributed by atoms with Gasteiger partial charge in [-0.3, -0.25) is 4.98 Å². The zero-order chi connectivity index (χ0) is 12.1. The number of aromatic nitrogens is 3. The second kappa shape index (κ2) is 5.03. The summed E-state index contributed by atoms with van der Waals surface area (Å²) < 4.78 is 0. The molecule has 0 aromatic carbocycles. The molecule has 1 unspecified atom stereocenters. The minimum atomic E-state index is -0.00913. The van der Waals surface area contributed by atoms with E-state index < -0.39 is 0 Å². The van der Waals surface area contributed by atoms with Crippen LogP contribution in [0.3, 0.4) is 0 Å². The zero-order valence-electron chi connectivity index (χ0n) is 9.33. The average molecular weight is 225 g/mol. The normalized spacial score (nSPS) is 11.5. The number of anilines is 1. The van der Waals surface area contributed by atoms with Gasteiger partial charge in [0, 0.05) is 12.4 Å². The number of nitrogens with one attached hydrogen (secondary N) is 1. The Bertz CT molecular complexity index is 532. The Balaban J connectivity index is 2.13. The van der Waals surface area contributed by atoms with Gasteiger partial charge in [-0.05, 0) is 25.1 Å². The van der Waals surface area contributed by atoms with Gasteiger partial charge in [0.2, 0.25) is 5.95 Å². The fourth-order valence-corrected chi connectivity index (χ4v) is 1.39. The van der Waals surface area contributed by atoms with Crippen molar-refractivity contribution in [3.63, 3.8) is 0 Å². The topological polar surface area (TPSA) is 74.5 Å². The summed E-state index contributed by atoms with van der Waals surface area (Å²) in [5.41, 5.74) is 1.24. The number of pyridine rings is 1. The predicted molar refractivity (Wildman–Crippen MR) is 63.0 cm³/mol. The lowest BCUT2D eigenvalue weighted by Gasteiger charge is -2.12. The van der Waals surface area contributed by atoms with Crippen molar-refractivity contribution in [2.24, 2.45) is 0 Å². The van der Waals surface area contributed by atoms with Gasteiger partial charge in [-0.1, -0.05) is 6.07 Å². The molecule has 1 N–H and O–H groups in total. The molecular weight excluding hydrogens is 214 g/mol. The minimum Gasteiger partial charge on any atom is -0.346 e. The standard InChI is InChI=1S/C12H11N5/c1-9(11-4-2-3-6-14-11)16-12-15-7-5-10(8-13)17-12/h2-7,9H,1H3,(H,15,16,17). The first kappa shape index (κ1) is 11.0. The molecule has 84 valence electrons. The molecule has 0 saturated heterocycles. The summed E-state index contributed by atoms with van der Waals surface area (Å²) in [5.74, 6) is 0.433. The Labute approximate surface area is 99.2 Å². The number of nitrogens with zero attached hydrogens (tertiary/aromatic N) is 4. The van der Waals surface area contributed by atoms with Crippen LogP contribution in [0.4, 0.5) is 5.95 Å². The molecule has 2 heterocycles. The van der Waals surface area contributed by atoms with E-state index in [1.165, 1.54) is 0 Å². The van der Waals surface area contributed by atoms with E-state index in [4.69, 9.17) is 5.26 Å². The summed E-state index contributed by atoms with van der Waals surface area (Å²) in [5, 5.41) is 11.8. The van der Waals surface area contributed by atoms with Crippen LogP contribution in [0, 0.1) is 11.3 Å². The van der Waals surface area contributed by atoms with Crippen molar-refractivity contribution in [1.82, 2.24) is 15.0 Å². The van der Waals surface area contributed by atoms with E-state index in [1.54, 1.807) is 18.5 Å². The molecule has 0 radical (unpaired) electrons. The summed E-state index contributed by atoms with van der Waals surface area (Å²) in [6, 6.07) is 9.24. The molecule has 2 aromatic rings. The van der Waals surface area contributed by atoms with E-state index in [-0.39, 0.29) is 6.04 Å². The molecule has 0 amide bonds. The fourth-order valence-electron chi connectivity index (χ4n) is 1.39. The van der Waals surface area contributed by atoms with Crippen LogP contribution in [0.25, 0.3) is 0 Å². The maximum atomic E-state index is 8.73. The number of hydrogen-bond donors (Lipinski definition) is 1. The van der Waals surface area contributed by atoms with Gasteiger partial charge in [-0.25, -0.2) is 9.97 Å². The molecule has 0 saturated carbocycles. The number of rotatable bonds is 3. The van der Waals surface area contributed by atoms with Gasteiger partial charge in [0.25, 0.3) is 0 Å². The molecular formula is C12H11N5. The second-order valence-electron chi connectivity index (χ2n) is 3.50. The highest BCUT2D eigenvalue weighted by molar-refractivity contribution is 5.32. The van der Waals surface area contributed by atoms with Gasteiger partial charge in [0.05, 0.1) is 11.7 Å². The molecule has 0 aliphatic heterocycles. The highest BCUT2D eigenvalue weighted by atomic mass is 15.1. The van der Waals surface area contributed by atoms with Crippen molar-refractivity contribution in [1.29, 1.82) is 5.26 Å². The molecule has 0 spiro atoms. The van der Waals surface area contributed by atoms with Crippen molar-refractivity contribution >= 4 is 5.95 Å². The van der Waals surface area contributed by atoms with E-state index in [2.05, 4.69) is 20.3 Å². The van der Waals surface area contributed by atoms with Gasteiger partial charge in [0.1, 0.15) is 11.8 Å². The molecule has 0 fully saturated rings. The summed E-state index contributed by atoms with van der Waals surface area (Å²) in [7, 11) is 0. The lowest BCUT2D eigenvalue weighted by molar-refractivity contribution is 0.821. The van der Waals surface area contributed by atoms with Crippen molar-refractivity contribution in [3.05, 3.63) is 48.0 Å². The van der Waals surface area contributed by atoms with Crippen molar-refractivity contribution < 1.29 is 0 Å². The van der Waals surface area contributed by atoms with Crippen LogP contribution < -0.4 is 5.32 Å². The quantitative estimate of drug-likeness (QED) is 0.863. The first-order valence-electron chi connectivity index (χ1n) is 5.20. The molecule has 0 aliphatic rings. The molecule has 17 heavy (non-hydrogen) atoms. The van der Waals surface area contributed by atoms with Crippen LogP contribution in [0.15, 0.2) is 36.7 Å². The van der Waals surface area contributed by atoms with Crippen LogP contribution in [0.1, 0.15) is 24.4 Å². The van der Waals surface area contributed by atoms with Gasteiger partial charge >= 0.3 is 0 Å². The molecule has 0 aliphatic carbocycles. The first-order chi connectivity index (χ1) is 8.29. The van der Waals surface area contributed by atoms with Crippen LogP contribution >= 0.6 is 0 Å². The van der Waals surface area contributed by atoms with Gasteiger partial charge in [-0.15, -0.1) is 0 Å². The van der Waals surface area contributed by atoms with Gasteiger partial charge < -0.3 is 5.32 Å². The van der Waals surface area contributed by atoms with Crippen molar-refractivity contribution in [2.75, 3.05) is 5.32 Å². The lowest BCUT2D eigenvalue weighted by Crippen LogP contribution is -2.10. The second-order valence-corrected chi connectivity index (χ2v) is 3.50. The zero-order valence-corrected chi connectivity index (χ0v) is 9.33. The third-order valence-electron chi connectivity index (χ3n) is 2.25. The lowest BCUT2D eigenvalue weighted by atomic mass is 10.2. The Morgan fingerprint density at radius 1 is 1.24 bits per heavy atom. The van der Waals surface area contributed by atoms with E-state index >= 15 is 0 Å². The molecule has 1 atom stereocenters. The summed E-state index contributed by atoms with van der Waals surface area (Å²) >= 11 is 0. The van der Waals surface area contributed by atoms with E-state index in [9.17, 15) is 0 Å². The Kier molecular flexibility index (Phi) is 3.26. The molecule has 5 nitrogen and oxygen atoms in total. The molecule has 0 bridgehead atoms. The average Bonchev–Trinajstić information content (AvgIpc) is 2.40. The number of nitriles is 1. The van der Waals surface area contributed by atoms with Crippen LogP contribution in [-0.2, 0) is 0 Å². The maximum Gasteiger partial charge on any atom is 0.224 e. The van der Waals surface area contributed by atoms with Crippen LogP contribution in [-0.4, -0.2) is 15.0 Å². The van der Waals surface area contributed by atoms with Crippen molar-refractivity contribution in [3.8, 4) is 6.07 Å². The predicted octanol–water partition coefficient (Wildman–Crippen LogP) is 1.92. The third-order valence-corrected chi connectivity index (χ3v) is 2.25. The Morgan fingerprint density at radius 2 is 2.12 bits per heavy atom. The molecule has 5 heteroatoms. The highest BCUT2D eigenvalue weighted by Crippen LogP contribution is 2.13. The first-order valence-corrected chi connectivity index (χ1v) is 5.20. The third kappa shape index (κ3) is 2.75. The minimum absolute atomic E-state index is 0.00913. The molecule has 2 rings (SSSR count). The van der Waals surface area contributed by atoms with E-state index in [0.717, 1.165) is 5.69 Å². The SMILES string of the molecule is CC(Nc1nccc(C#N)n1)c1ccccn1. The summed E-state index contributed by atoms with van der Waals surface area (Å²) in [4.78, 5) is 12.3. The van der Waals surface area contributed by atoms with Crippen molar-refractivity contribution in [2.45, 2.75) is 13.0 Å². The summed E-state index contributed by atoms with van der Waals surface area (Å²) in [6.45, 7) is 1.96. The van der Waals surface area contributed by atoms with Gasteiger partial charge in [0.15, 0.2) is 0 Å². The fraction of sp³-hybridized carbons (Fsp3) is 0.167. The van der Waals surface area contributed by atoms with E-state index in [0.29, 0.717) is 11.6 Å². The molecule has 2 aromatic heterocycles. The van der Waals surface area contributed by atoms with E-state index in [1.807, 2.05) is 31.2 Å². The van der Waals surface area contributed by atoms with Gasteiger partial charge in [-0.2, -0.15) is 5.26 Å². The highest BCUT2D eigenvalue weighted by Gasteiger charge is 2.07. The summed E-state index contributed by atoms with van der Waals surface area (Å²) in [6.07, 6.45) is 3.29. The van der Waals surface area contributed by atoms with Crippen LogP contribution in [0.2, 0.25) is 0 Å².